The molecule has 120 valence electrons. The van der Waals surface area contributed by atoms with Gasteiger partial charge in [-0.05, 0) is 37.1 Å². The molecule has 0 bridgehead atoms. The molecule has 0 atom stereocenters. The maximum atomic E-state index is 13.7. The minimum Gasteiger partial charge on any atom is -0.383 e. The SMILES string of the molecule is O=C(c1ccc(F)cc1F)N1CCC(O)(c2ccccn2)CC1. The van der Waals surface area contributed by atoms with Crippen molar-refractivity contribution in [3.05, 3.63) is 65.5 Å². The lowest BCUT2D eigenvalue weighted by Crippen LogP contribution is -2.45. The van der Waals surface area contributed by atoms with Crippen molar-refractivity contribution >= 4 is 5.91 Å². The summed E-state index contributed by atoms with van der Waals surface area (Å²) in [6, 6.07) is 8.21. The number of amides is 1. The first-order valence-corrected chi connectivity index (χ1v) is 7.38. The summed E-state index contributed by atoms with van der Waals surface area (Å²) in [5, 5.41) is 10.7. The number of halogens is 2. The van der Waals surface area contributed by atoms with E-state index in [1.54, 1.807) is 24.4 Å². The van der Waals surface area contributed by atoms with Crippen LogP contribution in [0.15, 0.2) is 42.6 Å². The van der Waals surface area contributed by atoms with Crippen LogP contribution in [0.3, 0.4) is 0 Å². The first-order valence-electron chi connectivity index (χ1n) is 7.38. The van der Waals surface area contributed by atoms with Crippen LogP contribution in [-0.2, 0) is 5.60 Å². The number of pyridine rings is 1. The summed E-state index contributed by atoms with van der Waals surface area (Å²) in [5.74, 6) is -2.09. The number of aromatic nitrogens is 1. The number of hydrogen-bond donors (Lipinski definition) is 1. The molecule has 1 saturated heterocycles. The van der Waals surface area contributed by atoms with Crippen LogP contribution in [0.2, 0.25) is 0 Å². The molecular formula is C17H16F2N2O2. The Hall–Kier alpha value is -2.34. The lowest BCUT2D eigenvalue weighted by atomic mass is 9.87. The molecule has 0 radical (unpaired) electrons. The Labute approximate surface area is 132 Å². The third-order valence-corrected chi connectivity index (χ3v) is 4.18. The van der Waals surface area contributed by atoms with Gasteiger partial charge in [-0.15, -0.1) is 0 Å². The minimum absolute atomic E-state index is 0.158. The molecule has 6 heteroatoms. The molecule has 1 N–H and O–H groups in total. The van der Waals surface area contributed by atoms with Crippen molar-refractivity contribution < 1.29 is 18.7 Å². The van der Waals surface area contributed by atoms with Crippen LogP contribution in [-0.4, -0.2) is 34.0 Å². The third-order valence-electron chi connectivity index (χ3n) is 4.18. The Morgan fingerprint density at radius 2 is 1.91 bits per heavy atom. The Morgan fingerprint density at radius 3 is 2.52 bits per heavy atom. The quantitative estimate of drug-likeness (QED) is 0.925. The van der Waals surface area contributed by atoms with E-state index in [0.29, 0.717) is 24.6 Å². The molecule has 3 rings (SSSR count). The fourth-order valence-electron chi connectivity index (χ4n) is 2.81. The zero-order valence-electron chi connectivity index (χ0n) is 12.4. The van der Waals surface area contributed by atoms with E-state index in [1.807, 2.05) is 0 Å². The topological polar surface area (TPSA) is 53.4 Å². The molecule has 1 fully saturated rings. The molecule has 0 saturated carbocycles. The van der Waals surface area contributed by atoms with Gasteiger partial charge in [0.05, 0.1) is 11.3 Å². The van der Waals surface area contributed by atoms with Gasteiger partial charge in [0.2, 0.25) is 0 Å². The molecule has 0 unspecified atom stereocenters. The van der Waals surface area contributed by atoms with E-state index < -0.39 is 23.1 Å². The van der Waals surface area contributed by atoms with Crippen molar-refractivity contribution in [3.8, 4) is 0 Å². The van der Waals surface area contributed by atoms with Gasteiger partial charge in [0, 0.05) is 25.4 Å². The number of piperidine rings is 1. The summed E-state index contributed by atoms with van der Waals surface area (Å²) in [6.45, 7) is 0.561. The summed E-state index contributed by atoms with van der Waals surface area (Å²) in [5.41, 5.74) is -0.672. The van der Waals surface area contributed by atoms with Crippen molar-refractivity contribution in [2.45, 2.75) is 18.4 Å². The van der Waals surface area contributed by atoms with Crippen molar-refractivity contribution in [2.24, 2.45) is 0 Å². The van der Waals surface area contributed by atoms with Gasteiger partial charge in [-0.25, -0.2) is 8.78 Å². The average Bonchev–Trinajstić information content (AvgIpc) is 2.56. The Bertz CT molecular complexity index is 714. The molecule has 2 aromatic rings. The van der Waals surface area contributed by atoms with Crippen LogP contribution in [0.25, 0.3) is 0 Å². The predicted molar refractivity (Wildman–Crippen MR) is 79.6 cm³/mol. The number of rotatable bonds is 2. The van der Waals surface area contributed by atoms with Crippen LogP contribution in [0.4, 0.5) is 8.78 Å². The zero-order chi connectivity index (χ0) is 16.4. The van der Waals surface area contributed by atoms with Crippen molar-refractivity contribution in [1.29, 1.82) is 0 Å². The summed E-state index contributed by atoms with van der Waals surface area (Å²) < 4.78 is 26.7. The average molecular weight is 318 g/mol. The van der Waals surface area contributed by atoms with Crippen molar-refractivity contribution in [3.63, 3.8) is 0 Å². The smallest absolute Gasteiger partial charge is 0.256 e. The summed E-state index contributed by atoms with van der Waals surface area (Å²) >= 11 is 0. The van der Waals surface area contributed by atoms with E-state index in [9.17, 15) is 18.7 Å². The number of carbonyl (C=O) groups excluding carboxylic acids is 1. The number of carbonyl (C=O) groups is 1. The van der Waals surface area contributed by atoms with Gasteiger partial charge in [-0.2, -0.15) is 0 Å². The highest BCUT2D eigenvalue weighted by atomic mass is 19.1. The van der Waals surface area contributed by atoms with Crippen molar-refractivity contribution in [1.82, 2.24) is 9.88 Å². The molecule has 4 nitrogen and oxygen atoms in total. The monoisotopic (exact) mass is 318 g/mol. The Kier molecular flexibility index (Phi) is 4.09. The fourth-order valence-corrected chi connectivity index (χ4v) is 2.81. The highest BCUT2D eigenvalue weighted by Gasteiger charge is 2.37. The Morgan fingerprint density at radius 1 is 1.17 bits per heavy atom. The summed E-state index contributed by atoms with van der Waals surface area (Å²) in [4.78, 5) is 18.0. The van der Waals surface area contributed by atoms with Crippen molar-refractivity contribution in [2.75, 3.05) is 13.1 Å². The normalized spacial score (nSPS) is 17.1. The largest absolute Gasteiger partial charge is 0.383 e. The first-order chi connectivity index (χ1) is 11.0. The van der Waals surface area contributed by atoms with Gasteiger partial charge in [-0.3, -0.25) is 9.78 Å². The maximum absolute atomic E-state index is 13.7. The number of likely N-dealkylation sites (tertiary alicyclic amines) is 1. The molecule has 0 spiro atoms. The Balaban J connectivity index is 1.72. The standard InChI is InChI=1S/C17H16F2N2O2/c18-12-4-5-13(14(19)11-12)16(22)21-9-6-17(23,7-10-21)15-3-1-2-8-20-15/h1-5,8,11,23H,6-7,9-10H2. The summed E-state index contributed by atoms with van der Waals surface area (Å²) in [6.07, 6.45) is 2.25. The molecule has 1 aromatic heterocycles. The highest BCUT2D eigenvalue weighted by Crippen LogP contribution is 2.32. The second-order valence-corrected chi connectivity index (χ2v) is 5.66. The fraction of sp³-hybridized carbons (Fsp3) is 0.294. The molecule has 2 heterocycles. The molecule has 1 aliphatic heterocycles. The van der Waals surface area contributed by atoms with Gasteiger partial charge >= 0.3 is 0 Å². The second kappa shape index (κ2) is 6.04. The number of hydrogen-bond acceptors (Lipinski definition) is 3. The van der Waals surface area contributed by atoms with Crippen LogP contribution >= 0.6 is 0 Å². The van der Waals surface area contributed by atoms with E-state index in [2.05, 4.69) is 4.98 Å². The first kappa shape index (κ1) is 15.6. The zero-order valence-corrected chi connectivity index (χ0v) is 12.4. The molecule has 1 aromatic carbocycles. The van der Waals surface area contributed by atoms with Crippen LogP contribution in [0.5, 0.6) is 0 Å². The van der Waals surface area contributed by atoms with E-state index >= 15 is 0 Å². The van der Waals surface area contributed by atoms with E-state index in [-0.39, 0.29) is 18.7 Å². The molecule has 0 aliphatic carbocycles. The molecule has 1 amide bonds. The van der Waals surface area contributed by atoms with E-state index in [0.717, 1.165) is 12.1 Å². The number of benzene rings is 1. The van der Waals surface area contributed by atoms with Crippen LogP contribution < -0.4 is 0 Å². The van der Waals surface area contributed by atoms with Gasteiger partial charge in [-0.1, -0.05) is 6.07 Å². The lowest BCUT2D eigenvalue weighted by molar-refractivity contribution is -0.0244. The number of nitrogens with zero attached hydrogens (tertiary/aromatic N) is 2. The molecule has 23 heavy (non-hydrogen) atoms. The van der Waals surface area contributed by atoms with E-state index in [4.69, 9.17) is 0 Å². The summed E-state index contributed by atoms with van der Waals surface area (Å²) in [7, 11) is 0. The van der Waals surface area contributed by atoms with Crippen LogP contribution in [0.1, 0.15) is 28.9 Å². The second-order valence-electron chi connectivity index (χ2n) is 5.66. The van der Waals surface area contributed by atoms with Gasteiger partial charge in [0.15, 0.2) is 0 Å². The van der Waals surface area contributed by atoms with E-state index in [1.165, 1.54) is 4.90 Å². The van der Waals surface area contributed by atoms with Crippen LogP contribution in [0, 0.1) is 11.6 Å². The maximum Gasteiger partial charge on any atom is 0.256 e. The molecule has 1 aliphatic rings. The number of aliphatic hydroxyl groups is 1. The van der Waals surface area contributed by atoms with Gasteiger partial charge < -0.3 is 10.0 Å². The van der Waals surface area contributed by atoms with Gasteiger partial charge in [0.25, 0.3) is 5.91 Å². The highest BCUT2D eigenvalue weighted by molar-refractivity contribution is 5.94. The van der Waals surface area contributed by atoms with Gasteiger partial charge in [0.1, 0.15) is 17.2 Å². The third kappa shape index (κ3) is 3.07. The lowest BCUT2D eigenvalue weighted by Gasteiger charge is -2.37. The minimum atomic E-state index is -1.08. The predicted octanol–water partition coefficient (Wildman–Crippen LogP) is 2.48. The molecular weight excluding hydrogens is 302 g/mol.